The molecule has 0 aliphatic carbocycles. The first-order valence-electron chi connectivity index (χ1n) is 5.03. The zero-order chi connectivity index (χ0) is 13.4. The molecular weight excluding hydrogens is 298 g/mol. The van der Waals surface area contributed by atoms with Crippen LogP contribution in [0.5, 0.6) is 0 Å². The fourth-order valence-electron chi connectivity index (χ4n) is 1.64. The van der Waals surface area contributed by atoms with Crippen LogP contribution in [0.25, 0.3) is 11.0 Å². The summed E-state index contributed by atoms with van der Waals surface area (Å²) in [5.41, 5.74) is 1.24. The lowest BCUT2D eigenvalue weighted by Crippen LogP contribution is -2.05. The Balaban J connectivity index is 2.88. The van der Waals surface area contributed by atoms with Gasteiger partial charge in [0.15, 0.2) is 10.8 Å². The summed E-state index contributed by atoms with van der Waals surface area (Å²) in [5, 5.41) is 9.47. The molecule has 0 spiro atoms. The van der Waals surface area contributed by atoms with Crippen molar-refractivity contribution >= 4 is 51.8 Å². The van der Waals surface area contributed by atoms with E-state index in [9.17, 15) is 4.79 Å². The number of aryl methyl sites for hydroxylation is 1. The highest BCUT2D eigenvalue weighted by Crippen LogP contribution is 2.33. The fraction of sp³-hybridized carbons (Fsp3) is 0.182. The van der Waals surface area contributed by atoms with Gasteiger partial charge in [0.05, 0.1) is 21.1 Å². The van der Waals surface area contributed by atoms with Gasteiger partial charge in [-0.25, -0.2) is 14.8 Å². The molecule has 1 heterocycles. The lowest BCUT2D eigenvalue weighted by atomic mass is 10.1. The normalized spacial score (nSPS) is 10.9. The van der Waals surface area contributed by atoms with Crippen LogP contribution in [0.3, 0.4) is 0 Å². The predicted octanol–water partition coefficient (Wildman–Crippen LogP) is 3.85. The van der Waals surface area contributed by atoms with Crippen LogP contribution in [-0.4, -0.2) is 21.0 Å². The van der Waals surface area contributed by atoms with Gasteiger partial charge in [0.2, 0.25) is 0 Å². The summed E-state index contributed by atoms with van der Waals surface area (Å²) < 4.78 is 0. The Morgan fingerprint density at radius 1 is 1.33 bits per heavy atom. The molecule has 0 fully saturated rings. The van der Waals surface area contributed by atoms with Crippen LogP contribution in [0.4, 0.5) is 0 Å². The molecule has 2 rings (SSSR count). The van der Waals surface area contributed by atoms with E-state index in [4.69, 9.17) is 39.9 Å². The van der Waals surface area contributed by atoms with E-state index < -0.39 is 5.97 Å². The third-order valence-electron chi connectivity index (χ3n) is 2.46. The van der Waals surface area contributed by atoms with Gasteiger partial charge in [0.25, 0.3) is 0 Å². The molecule has 0 aliphatic heterocycles. The van der Waals surface area contributed by atoms with E-state index >= 15 is 0 Å². The standard InChI is InChI=1S/C11H7Cl3N2O2/c1-2-4-7(13)5(12)3-6-8(4)16-10(14)9(15-6)11(17)18/h3H,2H2,1H3,(H,17,18). The van der Waals surface area contributed by atoms with Gasteiger partial charge in [-0.2, -0.15) is 0 Å². The molecule has 1 aromatic heterocycles. The summed E-state index contributed by atoms with van der Waals surface area (Å²) in [7, 11) is 0. The summed E-state index contributed by atoms with van der Waals surface area (Å²) in [6.45, 7) is 1.89. The van der Waals surface area contributed by atoms with Crippen LogP contribution < -0.4 is 0 Å². The Labute approximate surface area is 118 Å². The van der Waals surface area contributed by atoms with Crippen LogP contribution in [0, 0.1) is 0 Å². The van der Waals surface area contributed by atoms with Gasteiger partial charge in [-0.3, -0.25) is 0 Å². The molecule has 18 heavy (non-hydrogen) atoms. The van der Waals surface area contributed by atoms with E-state index in [0.717, 1.165) is 0 Å². The molecule has 0 bridgehead atoms. The SMILES string of the molecule is CCc1c(Cl)c(Cl)cc2nc(C(=O)O)c(Cl)nc12. The second-order valence-corrected chi connectivity index (χ2v) is 4.68. The van der Waals surface area contributed by atoms with Gasteiger partial charge >= 0.3 is 5.97 Å². The topological polar surface area (TPSA) is 63.1 Å². The van der Waals surface area contributed by atoms with Gasteiger partial charge in [-0.15, -0.1) is 0 Å². The van der Waals surface area contributed by atoms with Crippen molar-refractivity contribution in [3.05, 3.63) is 32.5 Å². The monoisotopic (exact) mass is 304 g/mol. The highest BCUT2D eigenvalue weighted by molar-refractivity contribution is 6.43. The van der Waals surface area contributed by atoms with Crippen LogP contribution >= 0.6 is 34.8 Å². The zero-order valence-electron chi connectivity index (χ0n) is 9.17. The summed E-state index contributed by atoms with van der Waals surface area (Å²) in [6.07, 6.45) is 0.591. The number of rotatable bonds is 2. The zero-order valence-corrected chi connectivity index (χ0v) is 11.4. The molecule has 2 aromatic rings. The molecule has 0 saturated heterocycles. The third-order valence-corrected chi connectivity index (χ3v) is 3.55. The number of carbonyl (C=O) groups is 1. The summed E-state index contributed by atoms with van der Waals surface area (Å²) in [4.78, 5) is 18.9. The van der Waals surface area contributed by atoms with E-state index in [1.807, 2.05) is 6.92 Å². The van der Waals surface area contributed by atoms with E-state index in [2.05, 4.69) is 9.97 Å². The van der Waals surface area contributed by atoms with Crippen molar-refractivity contribution in [2.24, 2.45) is 0 Å². The number of halogens is 3. The quantitative estimate of drug-likeness (QED) is 0.915. The number of aromatic nitrogens is 2. The summed E-state index contributed by atoms with van der Waals surface area (Å²) >= 11 is 17.8. The van der Waals surface area contributed by atoms with E-state index in [0.29, 0.717) is 33.1 Å². The second-order valence-electron chi connectivity index (χ2n) is 3.54. The highest BCUT2D eigenvalue weighted by atomic mass is 35.5. The van der Waals surface area contributed by atoms with Crippen molar-refractivity contribution in [2.45, 2.75) is 13.3 Å². The summed E-state index contributed by atoms with van der Waals surface area (Å²) in [6, 6.07) is 1.48. The Bertz CT molecular complexity index is 659. The lowest BCUT2D eigenvalue weighted by Gasteiger charge is -2.09. The van der Waals surface area contributed by atoms with Crippen molar-refractivity contribution in [2.75, 3.05) is 0 Å². The van der Waals surface area contributed by atoms with Gasteiger partial charge in [0, 0.05) is 0 Å². The third kappa shape index (κ3) is 2.11. The molecule has 1 N–H and O–H groups in total. The molecule has 1 aromatic carbocycles. The number of hydrogen-bond acceptors (Lipinski definition) is 3. The Morgan fingerprint density at radius 2 is 2.00 bits per heavy atom. The molecular formula is C11H7Cl3N2O2. The summed E-state index contributed by atoms with van der Waals surface area (Å²) in [5.74, 6) is -1.24. The molecule has 0 amide bonds. The minimum Gasteiger partial charge on any atom is -0.476 e. The number of fused-ring (bicyclic) bond motifs is 1. The molecule has 0 unspecified atom stereocenters. The number of hydrogen-bond donors (Lipinski definition) is 1. The van der Waals surface area contributed by atoms with E-state index in [-0.39, 0.29) is 10.8 Å². The molecule has 0 radical (unpaired) electrons. The number of aromatic carboxylic acids is 1. The minimum atomic E-state index is -1.24. The van der Waals surface area contributed by atoms with Crippen LogP contribution in [0.15, 0.2) is 6.07 Å². The first-order chi connectivity index (χ1) is 8.45. The highest BCUT2D eigenvalue weighted by Gasteiger charge is 2.17. The minimum absolute atomic E-state index is 0.164. The Kier molecular flexibility index (Phi) is 3.61. The fourth-order valence-corrected chi connectivity index (χ4v) is 2.34. The smallest absolute Gasteiger partial charge is 0.357 e. The number of carboxylic acids is 1. The maximum Gasteiger partial charge on any atom is 0.357 e. The Morgan fingerprint density at radius 3 is 2.56 bits per heavy atom. The predicted molar refractivity (Wildman–Crippen MR) is 70.9 cm³/mol. The van der Waals surface area contributed by atoms with E-state index in [1.54, 1.807) is 0 Å². The van der Waals surface area contributed by atoms with Gasteiger partial charge in [-0.1, -0.05) is 41.7 Å². The van der Waals surface area contributed by atoms with Crippen molar-refractivity contribution < 1.29 is 9.90 Å². The van der Waals surface area contributed by atoms with E-state index in [1.165, 1.54) is 6.07 Å². The molecule has 94 valence electrons. The van der Waals surface area contributed by atoms with Crippen LogP contribution in [0.1, 0.15) is 23.0 Å². The lowest BCUT2D eigenvalue weighted by molar-refractivity contribution is 0.0690. The maximum atomic E-state index is 10.9. The Hall–Kier alpha value is -1.10. The van der Waals surface area contributed by atoms with Gasteiger partial charge < -0.3 is 5.11 Å². The van der Waals surface area contributed by atoms with Gasteiger partial charge in [-0.05, 0) is 18.1 Å². The molecule has 4 nitrogen and oxygen atoms in total. The largest absolute Gasteiger partial charge is 0.476 e. The van der Waals surface area contributed by atoms with Crippen molar-refractivity contribution in [3.63, 3.8) is 0 Å². The number of carboxylic acid groups (broad SMARTS) is 1. The average molecular weight is 306 g/mol. The van der Waals surface area contributed by atoms with Crippen molar-refractivity contribution in [3.8, 4) is 0 Å². The first kappa shape index (κ1) is 13.3. The number of nitrogens with zero attached hydrogens (tertiary/aromatic N) is 2. The molecule has 0 atom stereocenters. The first-order valence-corrected chi connectivity index (χ1v) is 6.16. The van der Waals surface area contributed by atoms with Gasteiger partial charge in [0.1, 0.15) is 0 Å². The van der Waals surface area contributed by atoms with Crippen LogP contribution in [0.2, 0.25) is 15.2 Å². The van der Waals surface area contributed by atoms with Crippen molar-refractivity contribution in [1.29, 1.82) is 0 Å². The van der Waals surface area contributed by atoms with Crippen molar-refractivity contribution in [1.82, 2.24) is 9.97 Å². The number of benzene rings is 1. The molecule has 0 saturated carbocycles. The molecule has 0 aliphatic rings. The second kappa shape index (κ2) is 4.88. The molecule has 7 heteroatoms. The van der Waals surface area contributed by atoms with Crippen LogP contribution in [-0.2, 0) is 6.42 Å². The average Bonchev–Trinajstić information content (AvgIpc) is 2.31. The maximum absolute atomic E-state index is 10.9.